The van der Waals surface area contributed by atoms with E-state index in [4.69, 9.17) is 5.21 Å². The molecule has 2 aromatic rings. The van der Waals surface area contributed by atoms with E-state index in [9.17, 15) is 14.1 Å². The summed E-state index contributed by atoms with van der Waals surface area (Å²) in [6, 6.07) is 7.75. The molecule has 3 N–H and O–H groups in total. The van der Waals surface area contributed by atoms with Crippen molar-refractivity contribution >= 4 is 45.7 Å². The number of rotatable bonds is 7. The fourth-order valence-electron chi connectivity index (χ4n) is 2.17. The van der Waals surface area contributed by atoms with Crippen molar-refractivity contribution in [2.24, 2.45) is 0 Å². The minimum Gasteiger partial charge on any atom is -0.616 e. The van der Waals surface area contributed by atoms with Gasteiger partial charge in [0, 0.05) is 27.6 Å². The first-order chi connectivity index (χ1) is 11.8. The third-order valence-corrected chi connectivity index (χ3v) is 7.86. The quantitative estimate of drug-likeness (QED) is 0.378. The van der Waals surface area contributed by atoms with E-state index in [2.05, 4.69) is 5.32 Å². The number of hydrogen-bond acceptors (Lipinski definition) is 6. The van der Waals surface area contributed by atoms with Crippen LogP contribution in [0.2, 0.25) is 0 Å². The molecule has 0 fully saturated rings. The maximum Gasteiger partial charge on any atom is 0.299 e. The molecule has 0 aliphatic carbocycles. The first-order valence-corrected chi connectivity index (χ1v) is 10.7. The van der Waals surface area contributed by atoms with E-state index in [1.807, 2.05) is 25.1 Å². The number of thiophene rings is 2. The lowest BCUT2D eigenvalue weighted by molar-refractivity contribution is -0.131. The molecule has 6 nitrogen and oxygen atoms in total. The highest BCUT2D eigenvalue weighted by molar-refractivity contribution is 7.92. The molecule has 0 saturated carbocycles. The molecule has 0 spiro atoms. The van der Waals surface area contributed by atoms with Gasteiger partial charge in [0.2, 0.25) is 4.75 Å². The molecule has 2 atom stereocenters. The normalized spacial score (nSPS) is 14.6. The average Bonchev–Trinajstić information content (AvgIpc) is 3.22. The summed E-state index contributed by atoms with van der Waals surface area (Å²) in [7, 11) is 0. The highest BCUT2D eigenvalue weighted by atomic mass is 32.2. The van der Waals surface area contributed by atoms with Crippen LogP contribution in [0.15, 0.2) is 24.3 Å². The van der Waals surface area contributed by atoms with Crippen LogP contribution in [0.25, 0.3) is 9.75 Å². The van der Waals surface area contributed by atoms with Gasteiger partial charge in [-0.1, -0.05) is 0 Å². The lowest BCUT2D eigenvalue weighted by atomic mass is 10.1. The molecule has 9 heteroatoms. The minimum absolute atomic E-state index is 0.149. The second kappa shape index (κ2) is 8.33. The predicted octanol–water partition coefficient (Wildman–Crippen LogP) is 2.55. The molecule has 0 aliphatic heterocycles. The Morgan fingerprint density at radius 1 is 1.24 bits per heavy atom. The van der Waals surface area contributed by atoms with Crippen molar-refractivity contribution in [2.75, 3.05) is 12.8 Å². The Morgan fingerprint density at radius 3 is 2.44 bits per heavy atom. The van der Waals surface area contributed by atoms with Crippen LogP contribution in [0.4, 0.5) is 0 Å². The van der Waals surface area contributed by atoms with Gasteiger partial charge in [-0.05, 0) is 49.3 Å². The van der Waals surface area contributed by atoms with Crippen LogP contribution in [0, 0.1) is 6.92 Å². The summed E-state index contributed by atoms with van der Waals surface area (Å²) < 4.78 is 10.5. The van der Waals surface area contributed by atoms with E-state index in [0.717, 1.165) is 9.75 Å². The summed E-state index contributed by atoms with van der Waals surface area (Å²) >= 11 is 1.58. The maximum atomic E-state index is 12.3. The van der Waals surface area contributed by atoms with Crippen molar-refractivity contribution in [3.05, 3.63) is 34.0 Å². The first kappa shape index (κ1) is 19.9. The van der Waals surface area contributed by atoms with E-state index in [1.165, 1.54) is 34.9 Å². The number of nitrogens with one attached hydrogen (secondary N) is 2. The van der Waals surface area contributed by atoms with Crippen LogP contribution in [0.3, 0.4) is 0 Å². The number of carbonyl (C=O) groups is 2. The van der Waals surface area contributed by atoms with Crippen LogP contribution in [0.1, 0.15) is 27.9 Å². The van der Waals surface area contributed by atoms with Gasteiger partial charge in [0.15, 0.2) is 0 Å². The SMILES string of the molecule is Cc1ccc(-c2ccc(C(=O)NCCC(C)(C(=O)NO)[S+](C)[O-])s2)s1. The van der Waals surface area contributed by atoms with E-state index < -0.39 is 21.8 Å². The van der Waals surface area contributed by atoms with Crippen LogP contribution in [-0.2, 0) is 16.0 Å². The fraction of sp³-hybridized carbons (Fsp3) is 0.375. The van der Waals surface area contributed by atoms with Gasteiger partial charge in [0.25, 0.3) is 11.8 Å². The largest absolute Gasteiger partial charge is 0.616 e. The molecule has 2 heterocycles. The van der Waals surface area contributed by atoms with Crippen molar-refractivity contribution in [3.8, 4) is 9.75 Å². The molecule has 136 valence electrons. The molecule has 0 aliphatic rings. The fourth-order valence-corrected chi connectivity index (χ4v) is 4.74. The van der Waals surface area contributed by atoms with Crippen LogP contribution in [0.5, 0.6) is 0 Å². The molecule has 0 saturated heterocycles. The molecule has 2 aromatic heterocycles. The van der Waals surface area contributed by atoms with Gasteiger partial charge in [-0.2, -0.15) is 0 Å². The Kier molecular flexibility index (Phi) is 6.64. The summed E-state index contributed by atoms with van der Waals surface area (Å²) in [5.74, 6) is -0.966. The first-order valence-electron chi connectivity index (χ1n) is 7.51. The molecule has 0 radical (unpaired) electrons. The van der Waals surface area contributed by atoms with E-state index in [0.29, 0.717) is 4.88 Å². The zero-order chi connectivity index (χ0) is 18.6. The lowest BCUT2D eigenvalue weighted by Gasteiger charge is -2.27. The Bertz CT molecular complexity index is 756. The lowest BCUT2D eigenvalue weighted by Crippen LogP contribution is -2.50. The van der Waals surface area contributed by atoms with Gasteiger partial charge < -0.3 is 9.87 Å². The van der Waals surface area contributed by atoms with Gasteiger partial charge in [-0.25, -0.2) is 5.48 Å². The van der Waals surface area contributed by atoms with Crippen molar-refractivity contribution < 1.29 is 19.3 Å². The number of hydroxylamine groups is 1. The monoisotopic (exact) mass is 400 g/mol. The van der Waals surface area contributed by atoms with Crippen LogP contribution >= 0.6 is 22.7 Å². The van der Waals surface area contributed by atoms with Gasteiger partial charge in [-0.15, -0.1) is 22.7 Å². The number of aryl methyl sites for hydroxylation is 1. The zero-order valence-corrected chi connectivity index (χ0v) is 16.6. The summed E-state index contributed by atoms with van der Waals surface area (Å²) in [6.45, 7) is 3.70. The van der Waals surface area contributed by atoms with Gasteiger partial charge >= 0.3 is 0 Å². The Morgan fingerprint density at radius 2 is 1.88 bits per heavy atom. The molecule has 0 aromatic carbocycles. The van der Waals surface area contributed by atoms with E-state index >= 15 is 0 Å². The highest BCUT2D eigenvalue weighted by Crippen LogP contribution is 2.33. The zero-order valence-electron chi connectivity index (χ0n) is 14.1. The molecule has 2 unspecified atom stereocenters. The number of hydrogen-bond donors (Lipinski definition) is 3. The van der Waals surface area contributed by atoms with Crippen molar-refractivity contribution in [1.82, 2.24) is 10.8 Å². The van der Waals surface area contributed by atoms with Crippen molar-refractivity contribution in [2.45, 2.75) is 25.0 Å². The molecule has 2 rings (SSSR count). The Labute approximate surface area is 157 Å². The summed E-state index contributed by atoms with van der Waals surface area (Å²) in [5, 5.41) is 11.5. The van der Waals surface area contributed by atoms with Gasteiger partial charge in [0.1, 0.15) is 0 Å². The summed E-state index contributed by atoms with van der Waals surface area (Å²) in [4.78, 5) is 27.9. The van der Waals surface area contributed by atoms with Crippen LogP contribution in [-0.4, -0.2) is 39.1 Å². The van der Waals surface area contributed by atoms with Gasteiger partial charge in [0.05, 0.1) is 11.1 Å². The highest BCUT2D eigenvalue weighted by Gasteiger charge is 2.42. The van der Waals surface area contributed by atoms with Crippen molar-refractivity contribution in [1.29, 1.82) is 0 Å². The molecular weight excluding hydrogens is 380 g/mol. The topological polar surface area (TPSA) is 101 Å². The second-order valence-electron chi connectivity index (χ2n) is 5.71. The molecule has 25 heavy (non-hydrogen) atoms. The van der Waals surface area contributed by atoms with Crippen LogP contribution < -0.4 is 10.8 Å². The van der Waals surface area contributed by atoms with E-state index in [-0.39, 0.29) is 18.9 Å². The standard InChI is InChI=1S/C16H20N2O4S3/c1-10-4-5-11(23-10)12-6-7-13(24-12)14(19)17-9-8-16(2,25(3)22)15(20)18-21/h4-7,21H,8-9H2,1-3H3,(H,17,19)(H,18,20). The average molecular weight is 401 g/mol. The molecule has 2 amide bonds. The third kappa shape index (κ3) is 4.62. The smallest absolute Gasteiger partial charge is 0.299 e. The van der Waals surface area contributed by atoms with Gasteiger partial charge in [-0.3, -0.25) is 14.8 Å². The second-order valence-corrected chi connectivity index (χ2v) is 9.89. The molecule has 0 bridgehead atoms. The summed E-state index contributed by atoms with van der Waals surface area (Å²) in [5.41, 5.74) is 1.54. The number of carbonyl (C=O) groups excluding carboxylic acids is 2. The Hall–Kier alpha value is -1.39. The van der Waals surface area contributed by atoms with E-state index in [1.54, 1.807) is 17.4 Å². The predicted molar refractivity (Wildman–Crippen MR) is 102 cm³/mol. The third-order valence-electron chi connectivity index (χ3n) is 3.92. The minimum atomic E-state index is -1.50. The summed E-state index contributed by atoms with van der Waals surface area (Å²) in [6.07, 6.45) is 1.54. The maximum absolute atomic E-state index is 12.3. The number of amides is 2. The Balaban J connectivity index is 1.96. The van der Waals surface area contributed by atoms with Crippen molar-refractivity contribution in [3.63, 3.8) is 0 Å². The molecular formula is C16H20N2O4S3.